The minimum atomic E-state index is -0.121. The number of rotatable bonds is 0. The van der Waals surface area contributed by atoms with Gasteiger partial charge in [0.1, 0.15) is 5.75 Å². The third-order valence-electron chi connectivity index (χ3n) is 1.58. The molecule has 1 aromatic rings. The maximum atomic E-state index is 10.3. The molecule has 1 N–H and O–H groups in total. The van der Waals surface area contributed by atoms with Crippen molar-refractivity contribution in [1.82, 2.24) is 0 Å². The van der Waals surface area contributed by atoms with Crippen molar-refractivity contribution in [3.05, 3.63) is 54.6 Å². The lowest BCUT2D eigenvalue weighted by atomic mass is 10.2. The molecule has 1 aliphatic carbocycles. The van der Waals surface area contributed by atoms with Gasteiger partial charge in [-0.15, -0.1) is 0 Å². The fourth-order valence-electron chi connectivity index (χ4n) is 0.868. The van der Waals surface area contributed by atoms with Gasteiger partial charge in [-0.1, -0.05) is 25.6 Å². The molecule has 0 saturated carbocycles. The van der Waals surface area contributed by atoms with E-state index in [-0.39, 0.29) is 19.0 Å². The van der Waals surface area contributed by atoms with Crippen LogP contribution in [0.1, 0.15) is 7.43 Å². The molecule has 0 radical (unpaired) electrons. The van der Waals surface area contributed by atoms with E-state index in [1.807, 2.05) is 6.07 Å². The monoisotopic (exact) mass is 218 g/mol. The van der Waals surface area contributed by atoms with Crippen LogP contribution in [-0.4, -0.2) is 16.7 Å². The van der Waals surface area contributed by atoms with Crippen molar-refractivity contribution in [2.45, 2.75) is 7.43 Å². The number of ketones is 2. The van der Waals surface area contributed by atoms with Crippen molar-refractivity contribution < 1.29 is 14.7 Å². The number of allylic oxidation sites excluding steroid dienone is 4. The molecule has 2 rings (SSSR count). The van der Waals surface area contributed by atoms with Crippen molar-refractivity contribution in [3.8, 4) is 5.75 Å². The van der Waals surface area contributed by atoms with Crippen molar-refractivity contribution in [3.63, 3.8) is 0 Å². The Morgan fingerprint density at radius 1 is 0.750 bits per heavy atom. The van der Waals surface area contributed by atoms with Crippen LogP contribution in [0.15, 0.2) is 54.6 Å². The van der Waals surface area contributed by atoms with Crippen LogP contribution in [0.5, 0.6) is 5.75 Å². The second-order valence-electron chi connectivity index (χ2n) is 2.81. The van der Waals surface area contributed by atoms with E-state index in [1.165, 1.54) is 24.3 Å². The van der Waals surface area contributed by atoms with E-state index in [2.05, 4.69) is 0 Å². The number of carbonyl (C=O) groups excluding carboxylic acids is 2. The van der Waals surface area contributed by atoms with Crippen LogP contribution in [0.2, 0.25) is 0 Å². The number of benzene rings is 1. The summed E-state index contributed by atoms with van der Waals surface area (Å²) < 4.78 is 0. The van der Waals surface area contributed by atoms with Gasteiger partial charge in [-0.3, -0.25) is 9.59 Å². The number of phenolic OH excluding ortho intramolecular Hbond substituents is 1. The van der Waals surface area contributed by atoms with Gasteiger partial charge in [0.05, 0.1) is 0 Å². The van der Waals surface area contributed by atoms with Crippen LogP contribution in [-0.2, 0) is 9.59 Å². The molecule has 0 aliphatic heterocycles. The highest BCUT2D eigenvalue weighted by molar-refractivity contribution is 6.14. The Morgan fingerprint density at radius 3 is 1.38 bits per heavy atom. The summed E-state index contributed by atoms with van der Waals surface area (Å²) in [6, 6.07) is 8.71. The molecule has 0 fully saturated rings. The van der Waals surface area contributed by atoms with Crippen molar-refractivity contribution in [2.24, 2.45) is 0 Å². The molecule has 0 saturated heterocycles. The Hall–Kier alpha value is -2.16. The summed E-state index contributed by atoms with van der Waals surface area (Å²) in [4.78, 5) is 20.6. The predicted molar refractivity (Wildman–Crippen MR) is 63.1 cm³/mol. The summed E-state index contributed by atoms with van der Waals surface area (Å²) in [5.74, 6) is 0.0803. The lowest BCUT2D eigenvalue weighted by molar-refractivity contribution is -0.113. The number of hydrogen-bond acceptors (Lipinski definition) is 3. The molecule has 1 aliphatic rings. The van der Waals surface area contributed by atoms with Crippen LogP contribution >= 0.6 is 0 Å². The normalized spacial score (nSPS) is 12.5. The molecule has 0 heterocycles. The molecule has 3 nitrogen and oxygen atoms in total. The number of aromatic hydroxyl groups is 1. The first-order chi connectivity index (χ1) is 7.18. The molecule has 1 aromatic carbocycles. The Morgan fingerprint density at radius 2 is 1.12 bits per heavy atom. The Balaban J connectivity index is 0.000000267. The van der Waals surface area contributed by atoms with Crippen molar-refractivity contribution in [2.75, 3.05) is 0 Å². The molecular formula is C13H14O3. The average molecular weight is 218 g/mol. The Bertz CT molecular complexity index is 364. The molecule has 0 atom stereocenters. The molecule has 3 heteroatoms. The van der Waals surface area contributed by atoms with Gasteiger partial charge in [0, 0.05) is 0 Å². The van der Waals surface area contributed by atoms with Crippen molar-refractivity contribution >= 4 is 11.6 Å². The van der Waals surface area contributed by atoms with Gasteiger partial charge >= 0.3 is 0 Å². The van der Waals surface area contributed by atoms with E-state index < -0.39 is 0 Å². The minimum absolute atomic E-state index is 0. The van der Waals surface area contributed by atoms with Gasteiger partial charge in [0.15, 0.2) is 11.6 Å². The highest BCUT2D eigenvalue weighted by atomic mass is 16.3. The topological polar surface area (TPSA) is 54.4 Å². The van der Waals surface area contributed by atoms with Crippen LogP contribution < -0.4 is 0 Å². The highest BCUT2D eigenvalue weighted by Crippen LogP contribution is 2.02. The van der Waals surface area contributed by atoms with Crippen LogP contribution in [0.25, 0.3) is 0 Å². The molecule has 0 spiro atoms. The standard InChI is InChI=1S/C6H4O2.C6H6O.CH4/c7-5-1-2-6(8)4-3-5;7-6-4-2-1-3-5-6;/h1-4H;1-5,7H;1H4. The van der Waals surface area contributed by atoms with Crippen LogP contribution in [0.3, 0.4) is 0 Å². The SMILES string of the molecule is C.O=C1C=CC(=O)C=C1.Oc1ccccc1. The van der Waals surface area contributed by atoms with E-state index in [0.717, 1.165) is 0 Å². The molecule has 0 bridgehead atoms. The summed E-state index contributed by atoms with van der Waals surface area (Å²) in [5.41, 5.74) is 0. The maximum Gasteiger partial charge on any atom is 0.178 e. The number of para-hydroxylation sites is 1. The predicted octanol–water partition coefficient (Wildman–Crippen LogP) is 2.28. The zero-order valence-corrected chi connectivity index (χ0v) is 7.96. The van der Waals surface area contributed by atoms with Gasteiger partial charge in [0.25, 0.3) is 0 Å². The lowest BCUT2D eigenvalue weighted by Gasteiger charge is -1.87. The van der Waals surface area contributed by atoms with Gasteiger partial charge in [-0.05, 0) is 36.4 Å². The smallest absolute Gasteiger partial charge is 0.178 e. The summed E-state index contributed by atoms with van der Waals surface area (Å²) in [5, 5.41) is 8.63. The molecule has 0 amide bonds. The van der Waals surface area contributed by atoms with E-state index in [9.17, 15) is 9.59 Å². The lowest BCUT2D eigenvalue weighted by Crippen LogP contribution is -1.97. The van der Waals surface area contributed by atoms with Gasteiger partial charge < -0.3 is 5.11 Å². The average Bonchev–Trinajstić information content (AvgIpc) is 2.25. The van der Waals surface area contributed by atoms with Gasteiger partial charge in [-0.2, -0.15) is 0 Å². The Kier molecular flexibility index (Phi) is 6.21. The van der Waals surface area contributed by atoms with Crippen LogP contribution in [0.4, 0.5) is 0 Å². The number of carbonyl (C=O) groups is 2. The summed E-state index contributed by atoms with van der Waals surface area (Å²) >= 11 is 0. The first-order valence-electron chi connectivity index (χ1n) is 4.36. The first kappa shape index (κ1) is 13.8. The summed E-state index contributed by atoms with van der Waals surface area (Å²) in [6.45, 7) is 0. The second-order valence-corrected chi connectivity index (χ2v) is 2.81. The number of phenols is 1. The molecule has 16 heavy (non-hydrogen) atoms. The van der Waals surface area contributed by atoms with Gasteiger partial charge in [0.2, 0.25) is 0 Å². The van der Waals surface area contributed by atoms with Gasteiger partial charge in [-0.25, -0.2) is 0 Å². The third kappa shape index (κ3) is 5.54. The zero-order valence-electron chi connectivity index (χ0n) is 7.96. The fourth-order valence-corrected chi connectivity index (χ4v) is 0.868. The van der Waals surface area contributed by atoms with Crippen LogP contribution in [0, 0.1) is 0 Å². The minimum Gasteiger partial charge on any atom is -0.508 e. The summed E-state index contributed by atoms with van der Waals surface area (Å²) in [7, 11) is 0. The quantitative estimate of drug-likeness (QED) is 0.680. The molecular weight excluding hydrogens is 204 g/mol. The van der Waals surface area contributed by atoms with E-state index >= 15 is 0 Å². The van der Waals surface area contributed by atoms with E-state index in [4.69, 9.17) is 5.11 Å². The molecule has 0 unspecified atom stereocenters. The van der Waals surface area contributed by atoms with E-state index in [0.29, 0.717) is 5.75 Å². The fraction of sp³-hybridized carbons (Fsp3) is 0.0769. The third-order valence-corrected chi connectivity index (χ3v) is 1.58. The number of hydrogen-bond donors (Lipinski definition) is 1. The molecule has 84 valence electrons. The van der Waals surface area contributed by atoms with E-state index in [1.54, 1.807) is 24.3 Å². The summed E-state index contributed by atoms with van der Waals surface area (Å²) in [6.07, 6.45) is 5.01. The zero-order chi connectivity index (χ0) is 11.1. The first-order valence-corrected chi connectivity index (χ1v) is 4.36. The molecule has 0 aromatic heterocycles. The Labute approximate surface area is 94.7 Å². The highest BCUT2D eigenvalue weighted by Gasteiger charge is 1.97. The van der Waals surface area contributed by atoms with Crippen molar-refractivity contribution in [1.29, 1.82) is 0 Å². The maximum absolute atomic E-state index is 10.3. The largest absolute Gasteiger partial charge is 0.508 e. The second kappa shape index (κ2) is 7.17.